The van der Waals surface area contributed by atoms with Crippen LogP contribution in [0.15, 0.2) is 72.6 Å². The molecule has 3 aromatic rings. The van der Waals surface area contributed by atoms with Crippen LogP contribution in [0.25, 0.3) is 0 Å². The highest BCUT2D eigenvalue weighted by atomic mass is 32.1. The number of amides is 1. The zero-order chi connectivity index (χ0) is 20.9. The Morgan fingerprint density at radius 3 is 2.80 bits per heavy atom. The molecule has 0 spiro atoms. The second kappa shape index (κ2) is 9.18. The van der Waals surface area contributed by atoms with Gasteiger partial charge in [-0.05, 0) is 53.1 Å². The topological polar surface area (TPSA) is 38.8 Å². The van der Waals surface area contributed by atoms with Gasteiger partial charge >= 0.3 is 0 Å². The summed E-state index contributed by atoms with van der Waals surface area (Å²) in [6.07, 6.45) is 3.48. The summed E-state index contributed by atoms with van der Waals surface area (Å²) in [4.78, 5) is 16.5. The Bertz CT molecular complexity index is 1030. The van der Waals surface area contributed by atoms with Crippen molar-refractivity contribution in [2.75, 3.05) is 20.3 Å². The molecule has 0 saturated carbocycles. The predicted molar refractivity (Wildman–Crippen MR) is 120 cm³/mol. The molecule has 2 heterocycles. The van der Waals surface area contributed by atoms with Gasteiger partial charge in [0.25, 0.3) is 5.91 Å². The van der Waals surface area contributed by atoms with Crippen molar-refractivity contribution in [1.82, 2.24) is 4.90 Å². The van der Waals surface area contributed by atoms with E-state index in [0.29, 0.717) is 18.0 Å². The predicted octanol–water partition coefficient (Wildman–Crippen LogP) is 5.04. The zero-order valence-corrected chi connectivity index (χ0v) is 17.9. The van der Waals surface area contributed by atoms with Gasteiger partial charge in [-0.2, -0.15) is 0 Å². The van der Waals surface area contributed by atoms with Gasteiger partial charge in [0.1, 0.15) is 0 Å². The monoisotopic (exact) mass is 419 g/mol. The van der Waals surface area contributed by atoms with Crippen LogP contribution in [0.5, 0.6) is 11.5 Å². The number of ether oxygens (including phenoxy) is 2. The van der Waals surface area contributed by atoms with Crippen LogP contribution in [-0.4, -0.2) is 31.1 Å². The van der Waals surface area contributed by atoms with Gasteiger partial charge in [-0.15, -0.1) is 17.9 Å². The Morgan fingerprint density at radius 1 is 1.20 bits per heavy atom. The maximum absolute atomic E-state index is 13.2. The quantitative estimate of drug-likeness (QED) is 0.504. The van der Waals surface area contributed by atoms with E-state index in [0.717, 1.165) is 24.0 Å². The van der Waals surface area contributed by atoms with Crippen molar-refractivity contribution >= 4 is 17.2 Å². The molecule has 0 bridgehead atoms. The summed E-state index contributed by atoms with van der Waals surface area (Å²) < 4.78 is 11.3. The molecule has 0 radical (unpaired) electrons. The molecule has 0 aliphatic carbocycles. The van der Waals surface area contributed by atoms with E-state index in [4.69, 9.17) is 9.47 Å². The maximum atomic E-state index is 13.2. The van der Waals surface area contributed by atoms with E-state index in [9.17, 15) is 4.79 Å². The van der Waals surface area contributed by atoms with E-state index in [2.05, 4.69) is 30.2 Å². The average Bonchev–Trinajstić information content (AvgIpc) is 3.27. The summed E-state index contributed by atoms with van der Waals surface area (Å²) in [5.74, 6) is 1.17. The van der Waals surface area contributed by atoms with Crippen molar-refractivity contribution in [3.63, 3.8) is 0 Å². The van der Waals surface area contributed by atoms with Crippen LogP contribution in [0.3, 0.4) is 0 Å². The molecule has 4 nitrogen and oxygen atoms in total. The number of hydrogen-bond donors (Lipinski definition) is 0. The molecular weight excluding hydrogens is 394 g/mol. The minimum Gasteiger partial charge on any atom is -0.493 e. The van der Waals surface area contributed by atoms with E-state index in [1.54, 1.807) is 18.4 Å². The number of nitrogens with zero attached hydrogens (tertiary/aromatic N) is 1. The molecule has 0 saturated heterocycles. The summed E-state index contributed by atoms with van der Waals surface area (Å²) in [5.41, 5.74) is 3.43. The lowest BCUT2D eigenvalue weighted by molar-refractivity contribution is -0.135. The Labute approximate surface area is 181 Å². The van der Waals surface area contributed by atoms with Gasteiger partial charge in [0.15, 0.2) is 18.1 Å². The number of rotatable bonds is 7. The van der Waals surface area contributed by atoms with Gasteiger partial charge in [0.05, 0.1) is 13.2 Å². The van der Waals surface area contributed by atoms with Crippen LogP contribution in [0.4, 0.5) is 0 Å². The minimum absolute atomic E-state index is 0.0278. The third-order valence-corrected chi connectivity index (χ3v) is 6.36. The molecule has 154 valence electrons. The molecule has 1 amide bonds. The second-order valence-corrected chi connectivity index (χ2v) is 8.22. The molecular formula is C25H25NO3S. The lowest BCUT2D eigenvalue weighted by Gasteiger charge is -2.36. The Morgan fingerprint density at radius 2 is 2.03 bits per heavy atom. The first kappa shape index (κ1) is 20.2. The van der Waals surface area contributed by atoms with Crippen molar-refractivity contribution in [2.24, 2.45) is 0 Å². The van der Waals surface area contributed by atoms with Crippen molar-refractivity contribution < 1.29 is 14.3 Å². The molecule has 30 heavy (non-hydrogen) atoms. The van der Waals surface area contributed by atoms with E-state index in [1.165, 1.54) is 10.4 Å². The first-order valence-corrected chi connectivity index (χ1v) is 10.9. The van der Waals surface area contributed by atoms with Crippen molar-refractivity contribution in [3.05, 3.63) is 94.2 Å². The van der Waals surface area contributed by atoms with Crippen LogP contribution in [-0.2, 0) is 17.6 Å². The number of methoxy groups -OCH3 is 1. The molecule has 4 rings (SSSR count). The lowest BCUT2D eigenvalue weighted by atomic mass is 9.93. The molecule has 1 aliphatic heterocycles. The third-order valence-electron chi connectivity index (χ3n) is 5.36. The molecule has 0 fully saturated rings. The van der Waals surface area contributed by atoms with Gasteiger partial charge in [-0.25, -0.2) is 0 Å². The highest BCUT2D eigenvalue weighted by Gasteiger charge is 2.32. The molecule has 2 aromatic carbocycles. The number of fused-ring (bicyclic) bond motifs is 1. The van der Waals surface area contributed by atoms with Crippen LogP contribution >= 0.6 is 11.3 Å². The van der Waals surface area contributed by atoms with Crippen LogP contribution in [0, 0.1) is 0 Å². The van der Waals surface area contributed by atoms with Crippen LogP contribution < -0.4 is 9.47 Å². The van der Waals surface area contributed by atoms with E-state index < -0.39 is 0 Å². The standard InChI is InChI=1S/C25H25NO3S/c1-3-7-18-10-11-21(22(16-18)28-2)29-17-24(27)26-14-12-23-20(13-15-30-23)25(26)19-8-5-4-6-9-19/h3-6,8-11,13,15-16,25H,1,7,12,14,17H2,2H3/t25-/m0/s1. The number of benzene rings is 2. The Hall–Kier alpha value is -3.05. The normalized spacial score (nSPS) is 15.4. The number of allylic oxidation sites excluding steroid dienone is 1. The van der Waals surface area contributed by atoms with Gasteiger partial charge in [0.2, 0.25) is 0 Å². The number of thiophene rings is 1. The highest BCUT2D eigenvalue weighted by molar-refractivity contribution is 7.10. The first-order chi connectivity index (χ1) is 14.7. The molecule has 0 N–H and O–H groups in total. The SMILES string of the molecule is C=CCc1ccc(OCC(=O)N2CCc3sccc3[C@@H]2c2ccccc2)c(OC)c1. The third kappa shape index (κ3) is 4.12. The minimum atomic E-state index is -0.0748. The number of hydrogen-bond acceptors (Lipinski definition) is 4. The maximum Gasteiger partial charge on any atom is 0.261 e. The molecule has 1 aliphatic rings. The molecule has 5 heteroatoms. The molecule has 1 atom stereocenters. The summed E-state index contributed by atoms with van der Waals surface area (Å²) in [6, 6.07) is 18.0. The van der Waals surface area contributed by atoms with Crippen molar-refractivity contribution in [2.45, 2.75) is 18.9 Å². The highest BCUT2D eigenvalue weighted by Crippen LogP contribution is 2.38. The smallest absolute Gasteiger partial charge is 0.261 e. The van der Waals surface area contributed by atoms with Gasteiger partial charge in [-0.1, -0.05) is 42.5 Å². The van der Waals surface area contributed by atoms with Crippen LogP contribution in [0.1, 0.15) is 27.6 Å². The lowest BCUT2D eigenvalue weighted by Crippen LogP contribution is -2.42. The van der Waals surface area contributed by atoms with Gasteiger partial charge in [-0.3, -0.25) is 4.79 Å². The van der Waals surface area contributed by atoms with E-state index in [1.807, 2.05) is 47.4 Å². The summed E-state index contributed by atoms with van der Waals surface area (Å²) >= 11 is 1.77. The van der Waals surface area contributed by atoms with E-state index in [-0.39, 0.29) is 18.6 Å². The molecule has 1 aromatic heterocycles. The fraction of sp³-hybridized carbons (Fsp3) is 0.240. The summed E-state index contributed by atoms with van der Waals surface area (Å²) in [5, 5.41) is 2.11. The largest absolute Gasteiger partial charge is 0.493 e. The summed E-state index contributed by atoms with van der Waals surface area (Å²) in [6.45, 7) is 4.43. The van der Waals surface area contributed by atoms with Crippen LogP contribution in [0.2, 0.25) is 0 Å². The van der Waals surface area contributed by atoms with E-state index >= 15 is 0 Å². The zero-order valence-electron chi connectivity index (χ0n) is 17.0. The molecule has 0 unspecified atom stereocenters. The Balaban J connectivity index is 1.53. The fourth-order valence-corrected chi connectivity index (χ4v) is 4.83. The number of carbonyl (C=O) groups excluding carboxylic acids is 1. The van der Waals surface area contributed by atoms with Crippen molar-refractivity contribution in [3.8, 4) is 11.5 Å². The van der Waals surface area contributed by atoms with Crippen molar-refractivity contribution in [1.29, 1.82) is 0 Å². The Kier molecular flexibility index (Phi) is 6.19. The fourth-order valence-electron chi connectivity index (χ4n) is 3.93. The summed E-state index contributed by atoms with van der Waals surface area (Å²) in [7, 11) is 1.61. The van der Waals surface area contributed by atoms with Gasteiger partial charge < -0.3 is 14.4 Å². The van der Waals surface area contributed by atoms with Gasteiger partial charge in [0, 0.05) is 11.4 Å². The average molecular weight is 420 g/mol. The number of carbonyl (C=O) groups is 1. The second-order valence-electron chi connectivity index (χ2n) is 7.22. The first-order valence-electron chi connectivity index (χ1n) is 10.0.